The lowest BCUT2D eigenvalue weighted by Gasteiger charge is -2.36. The number of pyridine rings is 2. The molecule has 2 aromatic heterocycles. The lowest BCUT2D eigenvalue weighted by atomic mass is 9.89. The Morgan fingerprint density at radius 2 is 1.83 bits per heavy atom. The molecule has 0 spiro atoms. The Bertz CT molecular complexity index is 1450. The number of carbonyl (C=O) groups excluding carboxylic acids is 2. The third-order valence-electron chi connectivity index (χ3n) is 8.23. The average Bonchev–Trinajstić information content (AvgIpc) is 3.41. The SMILES string of the molecule is COc1ccc2c(N3CC4CCNC(=O)C4C3)cc(-c3ccc(N4CCN(C(=O)OC(C)(C)C)CC4)nc3)nc2c1. The third-order valence-corrected chi connectivity index (χ3v) is 8.23. The highest BCUT2D eigenvalue weighted by Gasteiger charge is 2.40. The summed E-state index contributed by atoms with van der Waals surface area (Å²) < 4.78 is 11.0. The molecule has 10 nitrogen and oxygen atoms in total. The molecule has 5 heterocycles. The molecule has 0 bridgehead atoms. The van der Waals surface area contributed by atoms with E-state index < -0.39 is 5.60 Å². The van der Waals surface area contributed by atoms with Crippen molar-refractivity contribution in [3.8, 4) is 17.0 Å². The van der Waals surface area contributed by atoms with Crippen molar-refractivity contribution in [2.75, 3.05) is 62.7 Å². The maximum atomic E-state index is 12.6. The monoisotopic (exact) mass is 558 g/mol. The van der Waals surface area contributed by atoms with E-state index in [1.165, 1.54) is 0 Å². The fourth-order valence-electron chi connectivity index (χ4n) is 6.06. The van der Waals surface area contributed by atoms with E-state index >= 15 is 0 Å². The molecule has 10 heteroatoms. The van der Waals surface area contributed by atoms with Crippen LogP contribution < -0.4 is 19.9 Å². The van der Waals surface area contributed by atoms with Crippen LogP contribution in [-0.4, -0.2) is 85.4 Å². The van der Waals surface area contributed by atoms with Gasteiger partial charge in [0.2, 0.25) is 5.91 Å². The van der Waals surface area contributed by atoms with Crippen molar-refractivity contribution < 1.29 is 19.1 Å². The molecule has 2 atom stereocenters. The van der Waals surface area contributed by atoms with Crippen LogP contribution in [0.15, 0.2) is 42.6 Å². The highest BCUT2D eigenvalue weighted by molar-refractivity contribution is 5.95. The smallest absolute Gasteiger partial charge is 0.410 e. The zero-order valence-electron chi connectivity index (χ0n) is 24.2. The molecule has 3 aliphatic rings. The molecule has 0 radical (unpaired) electrons. The van der Waals surface area contributed by atoms with Crippen LogP contribution in [0.4, 0.5) is 16.3 Å². The number of benzene rings is 1. The summed E-state index contributed by atoms with van der Waals surface area (Å²) >= 11 is 0. The number of carbonyl (C=O) groups is 2. The molecular formula is C31H38N6O4. The van der Waals surface area contributed by atoms with Crippen LogP contribution in [0.3, 0.4) is 0 Å². The standard InChI is InChI=1S/C31H38N6O4/c1-31(2,3)41-30(39)36-13-11-35(12-14-36)28-8-5-20(17-33-28)25-16-27(23-7-6-22(40-4)15-26(23)34-25)37-18-21-9-10-32-29(38)24(21)19-37/h5-8,15-17,21,24H,9-14,18-19H2,1-4H3,(H,32,38). The summed E-state index contributed by atoms with van der Waals surface area (Å²) in [4.78, 5) is 41.0. The molecule has 3 fully saturated rings. The fraction of sp³-hybridized carbons (Fsp3) is 0.484. The number of amides is 2. The predicted molar refractivity (Wildman–Crippen MR) is 158 cm³/mol. The second kappa shape index (κ2) is 10.7. The van der Waals surface area contributed by atoms with Gasteiger partial charge in [-0.1, -0.05) is 0 Å². The quantitative estimate of drug-likeness (QED) is 0.514. The zero-order chi connectivity index (χ0) is 28.7. The van der Waals surface area contributed by atoms with E-state index in [4.69, 9.17) is 19.4 Å². The molecule has 3 saturated heterocycles. The number of aromatic nitrogens is 2. The van der Waals surface area contributed by atoms with E-state index in [0.717, 1.165) is 58.9 Å². The maximum absolute atomic E-state index is 12.6. The van der Waals surface area contributed by atoms with Crippen molar-refractivity contribution in [3.63, 3.8) is 0 Å². The van der Waals surface area contributed by atoms with E-state index in [-0.39, 0.29) is 17.9 Å². The van der Waals surface area contributed by atoms with Crippen molar-refractivity contribution in [2.24, 2.45) is 11.8 Å². The van der Waals surface area contributed by atoms with Crippen molar-refractivity contribution in [1.82, 2.24) is 20.2 Å². The summed E-state index contributed by atoms with van der Waals surface area (Å²) in [7, 11) is 1.66. The molecule has 1 aromatic carbocycles. The summed E-state index contributed by atoms with van der Waals surface area (Å²) in [5.41, 5.74) is 3.17. The maximum Gasteiger partial charge on any atom is 0.410 e. The van der Waals surface area contributed by atoms with Gasteiger partial charge < -0.3 is 29.5 Å². The molecule has 0 saturated carbocycles. The van der Waals surface area contributed by atoms with E-state index in [9.17, 15) is 9.59 Å². The zero-order valence-corrected chi connectivity index (χ0v) is 24.2. The summed E-state index contributed by atoms with van der Waals surface area (Å²) in [6.45, 7) is 10.5. The van der Waals surface area contributed by atoms with Crippen molar-refractivity contribution in [1.29, 1.82) is 0 Å². The minimum absolute atomic E-state index is 0.0189. The molecule has 6 rings (SSSR count). The number of hydrogen-bond acceptors (Lipinski definition) is 8. The van der Waals surface area contributed by atoms with E-state index in [1.54, 1.807) is 12.0 Å². The lowest BCUT2D eigenvalue weighted by Crippen LogP contribution is -2.50. The van der Waals surface area contributed by atoms with Crippen LogP contribution in [0.5, 0.6) is 5.75 Å². The molecule has 216 valence electrons. The Labute approximate surface area is 240 Å². The molecule has 3 aromatic rings. The summed E-state index contributed by atoms with van der Waals surface area (Å²) in [6.07, 6.45) is 2.60. The number of nitrogens with one attached hydrogen (secondary N) is 1. The molecule has 0 aliphatic carbocycles. The van der Waals surface area contributed by atoms with Crippen molar-refractivity contribution >= 4 is 34.4 Å². The molecular weight excluding hydrogens is 520 g/mol. The summed E-state index contributed by atoms with van der Waals surface area (Å²) in [6, 6.07) is 12.2. The second-order valence-corrected chi connectivity index (χ2v) is 12.1. The number of nitrogens with zero attached hydrogens (tertiary/aromatic N) is 5. The van der Waals surface area contributed by atoms with E-state index in [2.05, 4.69) is 33.3 Å². The molecule has 2 amide bonds. The minimum Gasteiger partial charge on any atom is -0.497 e. The lowest BCUT2D eigenvalue weighted by molar-refractivity contribution is -0.127. The van der Waals surface area contributed by atoms with Crippen LogP contribution in [0, 0.1) is 11.8 Å². The Balaban J connectivity index is 1.24. The van der Waals surface area contributed by atoms with Crippen LogP contribution >= 0.6 is 0 Å². The molecule has 1 N–H and O–H groups in total. The average molecular weight is 559 g/mol. The van der Waals surface area contributed by atoms with Gasteiger partial charge in [0.05, 0.1) is 24.2 Å². The van der Waals surface area contributed by atoms with Crippen LogP contribution in [0.2, 0.25) is 0 Å². The van der Waals surface area contributed by atoms with Gasteiger partial charge >= 0.3 is 6.09 Å². The van der Waals surface area contributed by atoms with Gasteiger partial charge in [-0.15, -0.1) is 0 Å². The minimum atomic E-state index is -0.505. The van der Waals surface area contributed by atoms with Gasteiger partial charge in [-0.2, -0.15) is 0 Å². The highest BCUT2D eigenvalue weighted by Crippen LogP contribution is 2.38. The van der Waals surface area contributed by atoms with E-state index in [0.29, 0.717) is 38.6 Å². The Hall–Kier alpha value is -4.08. The first-order valence-electron chi connectivity index (χ1n) is 14.4. The number of rotatable bonds is 4. The van der Waals surface area contributed by atoms with Crippen LogP contribution in [0.25, 0.3) is 22.2 Å². The number of piperidine rings is 1. The first kappa shape index (κ1) is 27.1. The number of fused-ring (bicyclic) bond motifs is 2. The van der Waals surface area contributed by atoms with Gasteiger partial charge in [0.15, 0.2) is 0 Å². The molecule has 2 unspecified atom stereocenters. The normalized spacial score (nSPS) is 21.1. The largest absolute Gasteiger partial charge is 0.497 e. The van der Waals surface area contributed by atoms with Gasteiger partial charge in [-0.3, -0.25) is 4.79 Å². The fourth-order valence-corrected chi connectivity index (χ4v) is 6.06. The number of anilines is 2. The Morgan fingerprint density at radius 3 is 2.51 bits per heavy atom. The van der Waals surface area contributed by atoms with Crippen molar-refractivity contribution in [3.05, 3.63) is 42.6 Å². The first-order valence-corrected chi connectivity index (χ1v) is 14.4. The van der Waals surface area contributed by atoms with Crippen LogP contribution in [-0.2, 0) is 9.53 Å². The number of methoxy groups -OCH3 is 1. The first-order chi connectivity index (χ1) is 19.7. The van der Waals surface area contributed by atoms with E-state index in [1.807, 2.05) is 45.2 Å². The van der Waals surface area contributed by atoms with Gasteiger partial charge in [0.25, 0.3) is 0 Å². The topological polar surface area (TPSA) is 100 Å². The van der Waals surface area contributed by atoms with Gasteiger partial charge in [-0.05, 0) is 63.4 Å². The number of hydrogen-bond donors (Lipinski definition) is 1. The molecule has 3 aliphatic heterocycles. The van der Waals surface area contributed by atoms with Gasteiger partial charge in [0.1, 0.15) is 17.2 Å². The summed E-state index contributed by atoms with van der Waals surface area (Å²) in [5, 5.41) is 4.07. The molecule has 41 heavy (non-hydrogen) atoms. The second-order valence-electron chi connectivity index (χ2n) is 12.1. The van der Waals surface area contributed by atoms with Crippen LogP contribution in [0.1, 0.15) is 27.2 Å². The van der Waals surface area contributed by atoms with Gasteiger partial charge in [-0.25, -0.2) is 14.8 Å². The third kappa shape index (κ3) is 5.60. The number of ether oxygens (including phenoxy) is 2. The number of piperazine rings is 1. The highest BCUT2D eigenvalue weighted by atomic mass is 16.6. The van der Waals surface area contributed by atoms with Crippen molar-refractivity contribution in [2.45, 2.75) is 32.8 Å². The predicted octanol–water partition coefficient (Wildman–Crippen LogP) is 3.93. The summed E-state index contributed by atoms with van der Waals surface area (Å²) in [5.74, 6) is 2.17. The Kier molecular flexibility index (Phi) is 7.09. The Morgan fingerprint density at radius 1 is 1.02 bits per heavy atom. The van der Waals surface area contributed by atoms with Gasteiger partial charge in [0, 0.05) is 74.7 Å².